The van der Waals surface area contributed by atoms with Crippen LogP contribution in [0.25, 0.3) is 0 Å². The van der Waals surface area contributed by atoms with Crippen LogP contribution in [0.5, 0.6) is 0 Å². The molecule has 0 aliphatic rings. The lowest BCUT2D eigenvalue weighted by Crippen LogP contribution is -2.12. The largest absolute Gasteiger partial charge is 0.454 e. The van der Waals surface area contributed by atoms with E-state index >= 15 is 0 Å². The van der Waals surface area contributed by atoms with E-state index in [9.17, 15) is 4.79 Å². The molecule has 2 aromatic heterocycles. The molecule has 0 aliphatic heterocycles. The molecule has 0 saturated carbocycles. The second-order valence-electron chi connectivity index (χ2n) is 6.90. The maximum atomic E-state index is 12.7. The van der Waals surface area contributed by atoms with E-state index in [0.717, 1.165) is 11.3 Å². The van der Waals surface area contributed by atoms with Gasteiger partial charge in [0.1, 0.15) is 10.7 Å². The number of anilines is 3. The Kier molecular flexibility index (Phi) is 6.27. The van der Waals surface area contributed by atoms with Crippen LogP contribution >= 0.6 is 11.6 Å². The lowest BCUT2D eigenvalue weighted by atomic mass is 10.2. The maximum absolute atomic E-state index is 12.7. The van der Waals surface area contributed by atoms with E-state index in [1.54, 1.807) is 11.6 Å². The van der Waals surface area contributed by atoms with Crippen molar-refractivity contribution in [1.82, 2.24) is 24.7 Å². The molecule has 3 N–H and O–H groups in total. The number of carbonyl (C=O) groups excluding carboxylic acids is 1. The van der Waals surface area contributed by atoms with Gasteiger partial charge in [0.15, 0.2) is 12.4 Å². The van der Waals surface area contributed by atoms with Gasteiger partial charge in [-0.05, 0) is 24.6 Å². The van der Waals surface area contributed by atoms with E-state index in [-0.39, 0.29) is 35.0 Å². The van der Waals surface area contributed by atoms with Crippen molar-refractivity contribution < 1.29 is 9.53 Å². The highest BCUT2D eigenvalue weighted by Crippen LogP contribution is 2.22. The molecule has 32 heavy (non-hydrogen) atoms. The molecular formula is C22H20ClN7O2. The first-order valence-electron chi connectivity index (χ1n) is 9.76. The number of halogens is 1. The average Bonchev–Trinajstić information content (AvgIpc) is 3.06. The Morgan fingerprint density at radius 2 is 1.75 bits per heavy atom. The molecule has 0 spiro atoms. The maximum Gasteiger partial charge on any atom is 0.343 e. The molecule has 9 nitrogen and oxygen atoms in total. The van der Waals surface area contributed by atoms with Crippen molar-refractivity contribution in [3.63, 3.8) is 0 Å². The van der Waals surface area contributed by atoms with Crippen LogP contribution in [0.3, 0.4) is 0 Å². The molecule has 0 atom stereocenters. The number of nitrogens with two attached hydrogens (primary N) is 1. The number of aryl methyl sites for hydroxylation is 1. The lowest BCUT2D eigenvalue weighted by Gasteiger charge is -2.08. The number of hydrogen-bond acceptors (Lipinski definition) is 8. The normalized spacial score (nSPS) is 10.7. The molecule has 162 valence electrons. The van der Waals surface area contributed by atoms with Gasteiger partial charge in [0, 0.05) is 5.69 Å². The van der Waals surface area contributed by atoms with Crippen molar-refractivity contribution in [2.75, 3.05) is 11.1 Å². The Morgan fingerprint density at radius 3 is 2.47 bits per heavy atom. The van der Waals surface area contributed by atoms with Gasteiger partial charge in [-0.2, -0.15) is 20.1 Å². The predicted octanol–water partition coefficient (Wildman–Crippen LogP) is 3.76. The van der Waals surface area contributed by atoms with E-state index < -0.39 is 5.97 Å². The molecule has 2 aromatic carbocycles. The summed E-state index contributed by atoms with van der Waals surface area (Å²) in [6, 6.07) is 19.1. The van der Waals surface area contributed by atoms with Crippen molar-refractivity contribution in [1.29, 1.82) is 0 Å². The van der Waals surface area contributed by atoms with E-state index in [0.29, 0.717) is 12.2 Å². The highest BCUT2D eigenvalue weighted by atomic mass is 35.5. The minimum absolute atomic E-state index is 0.00868. The van der Waals surface area contributed by atoms with Gasteiger partial charge in [0.25, 0.3) is 0 Å². The number of carbonyl (C=O) groups is 1. The monoisotopic (exact) mass is 449 g/mol. The van der Waals surface area contributed by atoms with Gasteiger partial charge in [-0.1, -0.05) is 60.1 Å². The number of nitrogen functional groups attached to an aromatic ring is 1. The third-order valence-corrected chi connectivity index (χ3v) is 4.89. The molecule has 4 rings (SSSR count). The summed E-state index contributed by atoms with van der Waals surface area (Å²) in [5.74, 6) is -0.160. The molecule has 0 radical (unpaired) electrons. The number of aromatic nitrogens is 5. The number of esters is 1. The van der Waals surface area contributed by atoms with Crippen LogP contribution in [-0.4, -0.2) is 30.7 Å². The fraction of sp³-hybridized carbons (Fsp3) is 0.136. The van der Waals surface area contributed by atoms with Crippen LogP contribution in [0.2, 0.25) is 5.15 Å². The van der Waals surface area contributed by atoms with Gasteiger partial charge in [-0.3, -0.25) is 0 Å². The second kappa shape index (κ2) is 9.44. The summed E-state index contributed by atoms with van der Waals surface area (Å²) >= 11 is 6.43. The van der Waals surface area contributed by atoms with Gasteiger partial charge in [0.05, 0.1) is 12.2 Å². The standard InChI is InChI=1S/C22H20ClN7O2/c1-14-18(19(23)30(29-14)12-15-8-4-2-5-9-15)20(31)32-13-17-26-21(24)28-22(27-17)25-16-10-6-3-7-11-16/h2-11H,12-13H2,1H3,(H3,24,25,26,27,28). The van der Waals surface area contributed by atoms with E-state index in [1.807, 2.05) is 60.7 Å². The topological polar surface area (TPSA) is 121 Å². The number of nitrogens with one attached hydrogen (secondary N) is 1. The Bertz CT molecular complexity index is 1230. The summed E-state index contributed by atoms with van der Waals surface area (Å²) in [4.78, 5) is 25.1. The van der Waals surface area contributed by atoms with Crippen molar-refractivity contribution in [3.05, 3.63) is 88.5 Å². The number of para-hydroxylation sites is 1. The number of ether oxygens (including phenoxy) is 1. The SMILES string of the molecule is Cc1nn(Cc2ccccc2)c(Cl)c1C(=O)OCc1nc(N)nc(Nc2ccccc2)n1. The molecule has 4 aromatic rings. The lowest BCUT2D eigenvalue weighted by molar-refractivity contribution is 0.0461. The molecule has 0 fully saturated rings. The molecule has 0 unspecified atom stereocenters. The Hall–Kier alpha value is -3.98. The zero-order valence-corrected chi connectivity index (χ0v) is 18.0. The van der Waals surface area contributed by atoms with E-state index in [1.165, 1.54) is 0 Å². The number of nitrogens with zero attached hydrogens (tertiary/aromatic N) is 5. The number of rotatable bonds is 7. The molecule has 0 bridgehead atoms. The third-order valence-electron chi connectivity index (χ3n) is 4.51. The zero-order valence-electron chi connectivity index (χ0n) is 17.2. The van der Waals surface area contributed by atoms with Crippen LogP contribution in [0.15, 0.2) is 60.7 Å². The van der Waals surface area contributed by atoms with Crippen molar-refractivity contribution in [2.24, 2.45) is 0 Å². The molecule has 0 aliphatic carbocycles. The van der Waals surface area contributed by atoms with Gasteiger partial charge in [0.2, 0.25) is 11.9 Å². The number of hydrogen-bond donors (Lipinski definition) is 2. The summed E-state index contributed by atoms with van der Waals surface area (Å²) in [5.41, 5.74) is 8.25. The zero-order chi connectivity index (χ0) is 22.5. The van der Waals surface area contributed by atoms with E-state index in [2.05, 4.69) is 25.4 Å². The first-order chi connectivity index (χ1) is 15.5. The second-order valence-corrected chi connectivity index (χ2v) is 7.25. The van der Waals surface area contributed by atoms with Gasteiger partial charge in [-0.15, -0.1) is 0 Å². The Labute approximate surface area is 189 Å². The summed E-state index contributed by atoms with van der Waals surface area (Å²) in [6.07, 6.45) is 0. The van der Waals surface area contributed by atoms with Crippen LogP contribution in [-0.2, 0) is 17.9 Å². The molecular weight excluding hydrogens is 430 g/mol. The molecule has 2 heterocycles. The van der Waals surface area contributed by atoms with Crippen molar-refractivity contribution in [3.8, 4) is 0 Å². The van der Waals surface area contributed by atoms with Gasteiger partial charge < -0.3 is 15.8 Å². The summed E-state index contributed by atoms with van der Waals surface area (Å²) in [7, 11) is 0. The van der Waals surface area contributed by atoms with Crippen molar-refractivity contribution >= 4 is 35.2 Å². The van der Waals surface area contributed by atoms with E-state index in [4.69, 9.17) is 22.1 Å². The first-order valence-corrected chi connectivity index (χ1v) is 10.1. The Morgan fingerprint density at radius 1 is 1.06 bits per heavy atom. The van der Waals surface area contributed by atoms with Crippen molar-refractivity contribution in [2.45, 2.75) is 20.1 Å². The van der Waals surface area contributed by atoms with Gasteiger partial charge >= 0.3 is 5.97 Å². The average molecular weight is 450 g/mol. The van der Waals surface area contributed by atoms with Crippen LogP contribution in [0, 0.1) is 6.92 Å². The van der Waals surface area contributed by atoms with Gasteiger partial charge in [-0.25, -0.2) is 9.48 Å². The summed E-state index contributed by atoms with van der Waals surface area (Å²) in [6.45, 7) is 1.94. The first kappa shape index (κ1) is 21.3. The Balaban J connectivity index is 1.46. The highest BCUT2D eigenvalue weighted by Gasteiger charge is 2.22. The quantitative estimate of drug-likeness (QED) is 0.409. The summed E-state index contributed by atoms with van der Waals surface area (Å²) < 4.78 is 6.95. The van der Waals surface area contributed by atoms with Crippen LogP contribution < -0.4 is 11.1 Å². The smallest absolute Gasteiger partial charge is 0.343 e. The predicted molar refractivity (Wildman–Crippen MR) is 121 cm³/mol. The highest BCUT2D eigenvalue weighted by molar-refractivity contribution is 6.32. The minimum atomic E-state index is -0.622. The fourth-order valence-corrected chi connectivity index (χ4v) is 3.37. The third kappa shape index (κ3) is 5.01. The number of benzene rings is 2. The fourth-order valence-electron chi connectivity index (χ4n) is 3.06. The molecule has 10 heteroatoms. The van der Waals surface area contributed by atoms with Crippen LogP contribution in [0.4, 0.5) is 17.6 Å². The molecule has 0 saturated heterocycles. The summed E-state index contributed by atoms with van der Waals surface area (Å²) in [5, 5.41) is 7.61. The minimum Gasteiger partial charge on any atom is -0.454 e. The van der Waals surface area contributed by atoms with Crippen LogP contribution in [0.1, 0.15) is 27.4 Å². The molecule has 0 amide bonds.